The topological polar surface area (TPSA) is 68.7 Å². The van der Waals surface area contributed by atoms with Crippen LogP contribution in [-0.2, 0) is 0 Å². The molecule has 2 fully saturated rings. The van der Waals surface area contributed by atoms with E-state index in [1.54, 1.807) is 5.48 Å². The summed E-state index contributed by atoms with van der Waals surface area (Å²) in [5.41, 5.74) is 4.23. The second-order valence-corrected chi connectivity index (χ2v) is 7.14. The number of nitrogens with zero attached hydrogens (tertiary/aromatic N) is 3. The van der Waals surface area contributed by atoms with E-state index < -0.39 is 5.91 Å². The van der Waals surface area contributed by atoms with E-state index in [2.05, 4.69) is 46.0 Å². The molecule has 1 aromatic carbocycles. The van der Waals surface area contributed by atoms with Crippen LogP contribution < -0.4 is 15.3 Å². The zero-order chi connectivity index (χ0) is 16.0. The highest BCUT2D eigenvalue weighted by molar-refractivity contribution is 7.17. The largest absolute Gasteiger partial charge is 0.365 e. The van der Waals surface area contributed by atoms with Gasteiger partial charge in [0.15, 0.2) is 5.13 Å². The van der Waals surface area contributed by atoms with Crippen molar-refractivity contribution in [2.24, 2.45) is 0 Å². The molecule has 7 heteroatoms. The molecule has 0 aliphatic carbocycles. The highest BCUT2D eigenvalue weighted by Crippen LogP contribution is 2.38. The van der Waals surface area contributed by atoms with Crippen molar-refractivity contribution in [3.05, 3.63) is 40.9 Å². The number of anilines is 2. The number of aromatic nitrogens is 1. The normalized spacial score (nSPS) is 22.7. The maximum absolute atomic E-state index is 11.5. The van der Waals surface area contributed by atoms with Gasteiger partial charge >= 0.3 is 0 Å². The Kier molecular flexibility index (Phi) is 3.46. The molecule has 0 saturated carbocycles. The molecule has 0 unspecified atom stereocenters. The van der Waals surface area contributed by atoms with Crippen molar-refractivity contribution in [3.63, 3.8) is 0 Å². The second-order valence-electron chi connectivity index (χ2n) is 6.14. The summed E-state index contributed by atoms with van der Waals surface area (Å²) >= 11 is 1.33. The number of rotatable bonds is 3. The first-order valence-electron chi connectivity index (χ1n) is 7.66. The number of hydroxylamine groups is 1. The molecule has 120 valence electrons. The Morgan fingerprint density at radius 1 is 1.35 bits per heavy atom. The summed E-state index contributed by atoms with van der Waals surface area (Å²) in [6, 6.07) is 9.55. The minimum atomic E-state index is -0.500. The quantitative estimate of drug-likeness (QED) is 0.666. The van der Waals surface area contributed by atoms with Crippen molar-refractivity contribution in [2.75, 3.05) is 22.9 Å². The van der Waals surface area contributed by atoms with Gasteiger partial charge in [0.2, 0.25) is 0 Å². The van der Waals surface area contributed by atoms with E-state index in [0.29, 0.717) is 17.0 Å². The van der Waals surface area contributed by atoms with Crippen molar-refractivity contribution < 1.29 is 10.0 Å². The molecule has 1 amide bonds. The van der Waals surface area contributed by atoms with Crippen molar-refractivity contribution in [3.8, 4) is 0 Å². The fraction of sp³-hybridized carbons (Fsp3) is 0.375. The SMILES string of the molecule is Cc1cccc(N2C[C@@H]3C[C@H]2CN3c2ncc(C(=O)NO)s2)c1. The monoisotopic (exact) mass is 330 g/mol. The summed E-state index contributed by atoms with van der Waals surface area (Å²) in [5.74, 6) is -0.500. The molecule has 3 heterocycles. The summed E-state index contributed by atoms with van der Waals surface area (Å²) in [7, 11) is 0. The van der Waals surface area contributed by atoms with E-state index in [4.69, 9.17) is 5.21 Å². The fourth-order valence-corrected chi connectivity index (χ4v) is 4.47. The number of fused-ring (bicyclic) bond motifs is 2. The van der Waals surface area contributed by atoms with Gasteiger partial charge in [0.1, 0.15) is 4.88 Å². The molecule has 2 atom stereocenters. The first-order chi connectivity index (χ1) is 11.2. The Morgan fingerprint density at radius 3 is 2.83 bits per heavy atom. The average Bonchev–Trinajstić information content (AvgIpc) is 3.28. The smallest absolute Gasteiger partial charge is 0.286 e. The molecular formula is C16H18N4O2S. The van der Waals surface area contributed by atoms with Crippen LogP contribution in [0.2, 0.25) is 0 Å². The van der Waals surface area contributed by atoms with Crippen molar-refractivity contribution >= 4 is 28.1 Å². The lowest BCUT2D eigenvalue weighted by atomic mass is 10.2. The van der Waals surface area contributed by atoms with Gasteiger partial charge in [-0.3, -0.25) is 10.0 Å². The third kappa shape index (κ3) is 2.46. The molecule has 2 bridgehead atoms. The minimum absolute atomic E-state index is 0.427. The van der Waals surface area contributed by atoms with Gasteiger partial charge in [-0.1, -0.05) is 23.5 Å². The maximum atomic E-state index is 11.5. The van der Waals surface area contributed by atoms with E-state index >= 15 is 0 Å². The number of nitrogens with one attached hydrogen (secondary N) is 1. The number of benzene rings is 1. The lowest BCUT2D eigenvalue weighted by Gasteiger charge is -2.35. The highest BCUT2D eigenvalue weighted by Gasteiger charge is 2.44. The second kappa shape index (κ2) is 5.50. The van der Waals surface area contributed by atoms with Crippen molar-refractivity contribution in [2.45, 2.75) is 25.4 Å². The number of carbonyl (C=O) groups is 1. The number of thiazole rings is 1. The molecule has 6 nitrogen and oxygen atoms in total. The summed E-state index contributed by atoms with van der Waals surface area (Å²) in [4.78, 5) is 21.0. The Hall–Kier alpha value is -2.12. The first-order valence-corrected chi connectivity index (χ1v) is 8.47. The molecule has 2 saturated heterocycles. The van der Waals surface area contributed by atoms with Crippen LogP contribution in [0, 0.1) is 6.92 Å². The third-order valence-corrected chi connectivity index (χ3v) is 5.67. The van der Waals surface area contributed by atoms with E-state index in [9.17, 15) is 4.79 Å². The predicted molar refractivity (Wildman–Crippen MR) is 89.4 cm³/mol. The van der Waals surface area contributed by atoms with Gasteiger partial charge in [-0.15, -0.1) is 0 Å². The van der Waals surface area contributed by atoms with Crippen LogP contribution in [-0.4, -0.2) is 41.3 Å². The van der Waals surface area contributed by atoms with Crippen LogP contribution in [0.1, 0.15) is 21.7 Å². The molecule has 2 N–H and O–H groups in total. The van der Waals surface area contributed by atoms with Crippen LogP contribution in [0.15, 0.2) is 30.5 Å². The number of piperazine rings is 1. The number of amides is 1. The van der Waals surface area contributed by atoms with Crippen LogP contribution in [0.3, 0.4) is 0 Å². The minimum Gasteiger partial charge on any atom is -0.365 e. The summed E-state index contributed by atoms with van der Waals surface area (Å²) in [6.45, 7) is 4.02. The zero-order valence-corrected chi connectivity index (χ0v) is 13.6. The van der Waals surface area contributed by atoms with E-state index in [0.717, 1.165) is 24.6 Å². The molecular weight excluding hydrogens is 312 g/mol. The molecule has 23 heavy (non-hydrogen) atoms. The Morgan fingerprint density at radius 2 is 2.13 bits per heavy atom. The predicted octanol–water partition coefficient (Wildman–Crippen LogP) is 2.04. The summed E-state index contributed by atoms with van der Waals surface area (Å²) in [5, 5.41) is 9.57. The van der Waals surface area contributed by atoms with Gasteiger partial charge in [-0.2, -0.15) is 0 Å². The van der Waals surface area contributed by atoms with Crippen LogP contribution >= 0.6 is 11.3 Å². The van der Waals surface area contributed by atoms with E-state index in [1.807, 2.05) is 0 Å². The van der Waals surface area contributed by atoms with Crippen molar-refractivity contribution in [1.82, 2.24) is 10.5 Å². The standard InChI is InChI=1S/C16H18N4O2S/c1-10-3-2-4-11(5-10)19-8-13-6-12(19)9-20(13)16-17-7-14(23-16)15(21)18-22/h2-5,7,12-13,22H,6,8-9H2,1H3,(H,18,21)/t12-,13-/m0/s1. The maximum Gasteiger partial charge on any atom is 0.286 e. The van der Waals surface area contributed by atoms with Crippen LogP contribution in [0.5, 0.6) is 0 Å². The number of hydrogen-bond acceptors (Lipinski definition) is 6. The molecule has 0 spiro atoms. The molecule has 2 aliphatic rings. The summed E-state index contributed by atoms with van der Waals surface area (Å²) in [6.07, 6.45) is 2.64. The molecule has 0 radical (unpaired) electrons. The van der Waals surface area contributed by atoms with Crippen LogP contribution in [0.4, 0.5) is 10.8 Å². The number of aryl methyl sites for hydroxylation is 1. The van der Waals surface area contributed by atoms with Crippen LogP contribution in [0.25, 0.3) is 0 Å². The third-order valence-electron chi connectivity index (χ3n) is 4.64. The number of carbonyl (C=O) groups excluding carboxylic acids is 1. The lowest BCUT2D eigenvalue weighted by molar-refractivity contribution is 0.0710. The van der Waals surface area contributed by atoms with Gasteiger partial charge in [-0.05, 0) is 31.0 Å². The lowest BCUT2D eigenvalue weighted by Crippen LogP contribution is -2.46. The van der Waals surface area contributed by atoms with Crippen molar-refractivity contribution in [1.29, 1.82) is 0 Å². The Balaban J connectivity index is 1.51. The molecule has 1 aromatic heterocycles. The Bertz CT molecular complexity index is 747. The highest BCUT2D eigenvalue weighted by atomic mass is 32.1. The molecule has 2 aliphatic heterocycles. The molecule has 4 rings (SSSR count). The summed E-state index contributed by atoms with van der Waals surface area (Å²) < 4.78 is 0. The van der Waals surface area contributed by atoms with Gasteiger partial charge < -0.3 is 9.80 Å². The van der Waals surface area contributed by atoms with E-state index in [1.165, 1.54) is 28.8 Å². The van der Waals surface area contributed by atoms with Gasteiger partial charge in [0.25, 0.3) is 5.91 Å². The van der Waals surface area contributed by atoms with Gasteiger partial charge in [-0.25, -0.2) is 10.5 Å². The molecule has 2 aromatic rings. The van der Waals surface area contributed by atoms with Gasteiger partial charge in [0, 0.05) is 24.8 Å². The average molecular weight is 330 g/mol. The van der Waals surface area contributed by atoms with Gasteiger partial charge in [0.05, 0.1) is 12.2 Å². The van der Waals surface area contributed by atoms with E-state index in [-0.39, 0.29) is 0 Å². The fourth-order valence-electron chi connectivity index (χ4n) is 3.58. The number of hydrogen-bond donors (Lipinski definition) is 2. The zero-order valence-electron chi connectivity index (χ0n) is 12.8. The Labute approximate surface area is 138 Å². The first kappa shape index (κ1) is 14.5.